The average molecular weight is 491 g/mol. The minimum Gasteiger partial charge on any atom is -0.463 e. The summed E-state index contributed by atoms with van der Waals surface area (Å²) >= 11 is 0. The van der Waals surface area contributed by atoms with E-state index in [4.69, 9.17) is 14.2 Å². The lowest BCUT2D eigenvalue weighted by Crippen LogP contribution is -2.62. The van der Waals surface area contributed by atoms with Crippen molar-refractivity contribution in [1.29, 1.82) is 0 Å². The van der Waals surface area contributed by atoms with Crippen LogP contribution in [0.25, 0.3) is 0 Å². The molecule has 0 heterocycles. The first kappa shape index (κ1) is 26.2. The van der Waals surface area contributed by atoms with E-state index in [9.17, 15) is 19.2 Å². The van der Waals surface area contributed by atoms with Gasteiger partial charge in [-0.2, -0.15) is 0 Å². The molecule has 7 heteroatoms. The Bertz CT molecular complexity index is 898. The van der Waals surface area contributed by atoms with Gasteiger partial charge in [-0.3, -0.25) is 19.2 Å². The van der Waals surface area contributed by atoms with Gasteiger partial charge in [0.1, 0.15) is 6.10 Å². The van der Waals surface area contributed by atoms with Crippen LogP contribution in [0.1, 0.15) is 92.9 Å². The van der Waals surface area contributed by atoms with Crippen molar-refractivity contribution in [2.24, 2.45) is 40.4 Å². The Morgan fingerprint density at radius 1 is 0.829 bits per heavy atom. The molecule has 35 heavy (non-hydrogen) atoms. The summed E-state index contributed by atoms with van der Waals surface area (Å²) in [5.41, 5.74) is -1.57. The van der Waals surface area contributed by atoms with Crippen LogP contribution in [0.4, 0.5) is 0 Å². The van der Waals surface area contributed by atoms with Crippen LogP contribution in [-0.2, 0) is 33.4 Å². The smallest absolute Gasteiger partial charge is 0.303 e. The fourth-order valence-corrected chi connectivity index (χ4v) is 9.25. The number of Topliss-reactive ketones (excluding diaryl/α,β-unsaturated/α-hetero) is 1. The van der Waals surface area contributed by atoms with Gasteiger partial charge in [0, 0.05) is 32.1 Å². The van der Waals surface area contributed by atoms with Crippen LogP contribution in [-0.4, -0.2) is 42.0 Å². The second-order valence-electron chi connectivity index (χ2n) is 12.3. The van der Waals surface area contributed by atoms with Crippen LogP contribution < -0.4 is 0 Å². The SMILES string of the molecule is CC(=O)OCC(=O)[C@@]1(OC(C)=O)[C@H](C)CC2C3CC[C@H]4CC(OC(C)=O)CC[C@]4(C)C3CC[C@@]21C. The fourth-order valence-electron chi connectivity index (χ4n) is 9.25. The Morgan fingerprint density at radius 3 is 2.17 bits per heavy atom. The zero-order valence-corrected chi connectivity index (χ0v) is 22.2. The molecule has 0 radical (unpaired) electrons. The van der Waals surface area contributed by atoms with Gasteiger partial charge in [0.15, 0.2) is 12.2 Å². The fraction of sp³-hybridized carbons (Fsp3) is 0.857. The van der Waals surface area contributed by atoms with E-state index in [0.717, 1.165) is 51.4 Å². The van der Waals surface area contributed by atoms with Crippen LogP contribution in [0.2, 0.25) is 0 Å². The van der Waals surface area contributed by atoms with E-state index in [1.165, 1.54) is 20.8 Å². The quantitative estimate of drug-likeness (QED) is 0.409. The Balaban J connectivity index is 1.62. The van der Waals surface area contributed by atoms with E-state index in [1.54, 1.807) is 0 Å². The van der Waals surface area contributed by atoms with Gasteiger partial charge in [0.2, 0.25) is 5.78 Å². The van der Waals surface area contributed by atoms with Crippen LogP contribution in [0.15, 0.2) is 0 Å². The molecule has 0 aromatic rings. The normalized spacial score (nSPS) is 44.3. The summed E-state index contributed by atoms with van der Waals surface area (Å²) in [6.07, 6.45) is 7.72. The molecule has 7 nitrogen and oxygen atoms in total. The summed E-state index contributed by atoms with van der Waals surface area (Å²) in [6, 6.07) is 0. The summed E-state index contributed by atoms with van der Waals surface area (Å²) in [4.78, 5) is 49.0. The largest absolute Gasteiger partial charge is 0.463 e. The number of ether oxygens (including phenoxy) is 3. The highest BCUT2D eigenvalue weighted by molar-refractivity contribution is 5.93. The average Bonchev–Trinajstić information content (AvgIpc) is 2.99. The van der Waals surface area contributed by atoms with E-state index in [-0.39, 0.29) is 41.7 Å². The number of carbonyl (C=O) groups excluding carboxylic acids is 4. The molecule has 0 N–H and O–H groups in total. The van der Waals surface area contributed by atoms with Crippen molar-refractivity contribution in [3.05, 3.63) is 0 Å². The number of ketones is 1. The summed E-state index contributed by atoms with van der Waals surface area (Å²) in [5.74, 6) is 0.201. The van der Waals surface area contributed by atoms with Gasteiger partial charge in [-0.05, 0) is 80.5 Å². The predicted molar refractivity (Wildman–Crippen MR) is 128 cm³/mol. The second kappa shape index (κ2) is 9.19. The molecule has 196 valence electrons. The van der Waals surface area contributed by atoms with Gasteiger partial charge in [0.05, 0.1) is 0 Å². The molecule has 0 aromatic carbocycles. The highest BCUT2D eigenvalue weighted by Gasteiger charge is 2.71. The van der Waals surface area contributed by atoms with Crippen molar-refractivity contribution in [3.63, 3.8) is 0 Å². The first-order chi connectivity index (χ1) is 16.3. The van der Waals surface area contributed by atoms with Crippen molar-refractivity contribution in [2.45, 2.75) is 105 Å². The lowest BCUT2D eigenvalue weighted by Gasteiger charge is -2.61. The third kappa shape index (κ3) is 4.11. The zero-order chi connectivity index (χ0) is 25.8. The molecule has 0 bridgehead atoms. The minimum absolute atomic E-state index is 0.0259. The summed E-state index contributed by atoms with van der Waals surface area (Å²) in [6.45, 7) is 10.4. The van der Waals surface area contributed by atoms with E-state index in [2.05, 4.69) is 13.8 Å². The van der Waals surface area contributed by atoms with Gasteiger partial charge in [-0.15, -0.1) is 0 Å². The number of hydrogen-bond donors (Lipinski definition) is 0. The molecule has 0 aromatic heterocycles. The van der Waals surface area contributed by atoms with Crippen LogP contribution in [0.3, 0.4) is 0 Å². The standard InChI is InChI=1S/C28H42O7/c1-16-13-24-22-8-7-20-14-21(34-18(3)30)9-11-26(20,5)23(22)10-12-27(24,6)28(16,35-19(4)31)25(32)15-33-17(2)29/h16,20-24H,7-15H2,1-6H3/t16-,20+,21?,22?,23?,24?,26+,27+,28+/m1/s1. The van der Waals surface area contributed by atoms with Gasteiger partial charge in [-0.1, -0.05) is 20.8 Å². The molecule has 0 spiro atoms. The van der Waals surface area contributed by atoms with Gasteiger partial charge >= 0.3 is 17.9 Å². The molecule has 0 amide bonds. The second-order valence-corrected chi connectivity index (χ2v) is 12.3. The van der Waals surface area contributed by atoms with Crippen LogP contribution in [0, 0.1) is 40.4 Å². The predicted octanol–water partition coefficient (Wildman–Crippen LogP) is 4.64. The van der Waals surface area contributed by atoms with E-state index in [1.807, 2.05) is 6.92 Å². The molecular formula is C28H42O7. The molecule has 4 aliphatic rings. The van der Waals surface area contributed by atoms with Gasteiger partial charge < -0.3 is 14.2 Å². The number of carbonyl (C=O) groups is 4. The maximum absolute atomic E-state index is 13.7. The van der Waals surface area contributed by atoms with Gasteiger partial charge in [0.25, 0.3) is 0 Å². The Morgan fingerprint density at radius 2 is 1.54 bits per heavy atom. The lowest BCUT2D eigenvalue weighted by atomic mass is 9.44. The van der Waals surface area contributed by atoms with Crippen molar-refractivity contribution < 1.29 is 33.4 Å². The first-order valence-electron chi connectivity index (χ1n) is 13.4. The third-order valence-electron chi connectivity index (χ3n) is 10.6. The van der Waals surface area contributed by atoms with Crippen molar-refractivity contribution in [3.8, 4) is 0 Å². The zero-order valence-electron chi connectivity index (χ0n) is 22.2. The first-order valence-corrected chi connectivity index (χ1v) is 13.4. The number of esters is 3. The highest BCUT2D eigenvalue weighted by Crippen LogP contribution is 2.70. The van der Waals surface area contributed by atoms with Crippen molar-refractivity contribution in [1.82, 2.24) is 0 Å². The van der Waals surface area contributed by atoms with E-state index in [0.29, 0.717) is 17.8 Å². The maximum Gasteiger partial charge on any atom is 0.303 e. The molecule has 0 saturated heterocycles. The molecule has 4 aliphatic carbocycles. The third-order valence-corrected chi connectivity index (χ3v) is 10.6. The lowest BCUT2D eigenvalue weighted by molar-refractivity contribution is -0.201. The molecule has 9 atom stereocenters. The minimum atomic E-state index is -1.27. The molecule has 4 saturated carbocycles. The summed E-state index contributed by atoms with van der Waals surface area (Å²) in [5, 5.41) is 0. The monoisotopic (exact) mass is 490 g/mol. The van der Waals surface area contributed by atoms with Crippen LogP contribution >= 0.6 is 0 Å². The van der Waals surface area contributed by atoms with Crippen LogP contribution in [0.5, 0.6) is 0 Å². The van der Waals surface area contributed by atoms with Gasteiger partial charge in [-0.25, -0.2) is 0 Å². The molecule has 4 rings (SSSR count). The maximum atomic E-state index is 13.7. The molecule has 4 unspecified atom stereocenters. The summed E-state index contributed by atoms with van der Waals surface area (Å²) < 4.78 is 16.7. The Kier molecular flexibility index (Phi) is 6.86. The molecule has 4 fully saturated rings. The molecule has 0 aliphatic heterocycles. The number of fused-ring (bicyclic) bond motifs is 5. The van der Waals surface area contributed by atoms with Crippen molar-refractivity contribution >= 4 is 23.7 Å². The topological polar surface area (TPSA) is 96.0 Å². The highest BCUT2D eigenvalue weighted by atomic mass is 16.6. The number of hydrogen-bond acceptors (Lipinski definition) is 7. The van der Waals surface area contributed by atoms with E-state index >= 15 is 0 Å². The molecular weight excluding hydrogens is 448 g/mol. The number of rotatable bonds is 5. The van der Waals surface area contributed by atoms with E-state index < -0.39 is 23.0 Å². The summed E-state index contributed by atoms with van der Waals surface area (Å²) in [7, 11) is 0. The Labute approximate surface area is 209 Å². The van der Waals surface area contributed by atoms with Crippen molar-refractivity contribution in [2.75, 3.05) is 6.61 Å². The Hall–Kier alpha value is -1.92.